The van der Waals surface area contributed by atoms with Gasteiger partial charge in [-0.1, -0.05) is 48.5 Å². The van der Waals surface area contributed by atoms with Crippen molar-refractivity contribution in [3.63, 3.8) is 0 Å². The van der Waals surface area contributed by atoms with Gasteiger partial charge >= 0.3 is 11.1 Å². The van der Waals surface area contributed by atoms with Crippen LogP contribution in [-0.4, -0.2) is 8.80 Å². The predicted molar refractivity (Wildman–Crippen MR) is 95.8 cm³/mol. The molecule has 6 rings (SSSR count). The number of rotatable bonds is 0. The van der Waals surface area contributed by atoms with E-state index in [4.69, 9.17) is 0 Å². The Morgan fingerprint density at radius 1 is 0.500 bits per heavy atom. The van der Waals surface area contributed by atoms with Crippen LogP contribution in [0.15, 0.2) is 70.3 Å². The second-order valence-corrected chi connectivity index (χ2v) is 6.17. The molecule has 0 saturated carbocycles. The largest absolute Gasteiger partial charge is 0.321 e. The first-order valence-electron chi connectivity index (χ1n) is 7.82. The highest BCUT2D eigenvalue weighted by atomic mass is 16.2. The SMILES string of the molecule is O=c1c(=O)n2c3ccccc3c3ccc4c5ccccc5n1c4c32. The van der Waals surface area contributed by atoms with Gasteiger partial charge in [0, 0.05) is 21.5 Å². The van der Waals surface area contributed by atoms with E-state index in [1.165, 1.54) is 0 Å². The monoisotopic (exact) mass is 310 g/mol. The molecule has 112 valence electrons. The summed E-state index contributed by atoms with van der Waals surface area (Å²) < 4.78 is 3.16. The molecule has 0 bridgehead atoms. The summed E-state index contributed by atoms with van der Waals surface area (Å²) >= 11 is 0. The molecule has 3 aromatic heterocycles. The third-order valence-corrected chi connectivity index (χ3v) is 5.06. The van der Waals surface area contributed by atoms with Gasteiger partial charge in [0.2, 0.25) is 0 Å². The summed E-state index contributed by atoms with van der Waals surface area (Å²) in [5.41, 5.74) is 2.24. The number of para-hydroxylation sites is 2. The Balaban J connectivity index is 2.19. The summed E-state index contributed by atoms with van der Waals surface area (Å²) in [6.07, 6.45) is 0. The van der Waals surface area contributed by atoms with Crippen molar-refractivity contribution in [2.45, 2.75) is 0 Å². The lowest BCUT2D eigenvalue weighted by Gasteiger charge is -2.02. The number of hydrogen-bond acceptors (Lipinski definition) is 2. The molecule has 0 aliphatic heterocycles. The van der Waals surface area contributed by atoms with E-state index >= 15 is 0 Å². The van der Waals surface area contributed by atoms with Gasteiger partial charge in [-0.2, -0.15) is 0 Å². The first-order valence-corrected chi connectivity index (χ1v) is 7.82. The lowest BCUT2D eigenvalue weighted by atomic mass is 10.1. The third kappa shape index (κ3) is 1.12. The van der Waals surface area contributed by atoms with Gasteiger partial charge < -0.3 is 0 Å². The minimum absolute atomic E-state index is 0.498. The molecule has 3 aromatic carbocycles. The standard InChI is InChI=1S/C20H10N2O2/c23-19-20(24)22-16-8-4-2-6-12(16)14-10-9-13-11-5-1-3-7-15(11)21(19)17(13)18(14)22/h1-10H. The van der Waals surface area contributed by atoms with E-state index in [-0.39, 0.29) is 0 Å². The van der Waals surface area contributed by atoms with Crippen LogP contribution in [0.25, 0.3) is 43.6 Å². The zero-order valence-electron chi connectivity index (χ0n) is 12.5. The Bertz CT molecular complexity index is 1420. The molecule has 0 aliphatic rings. The molecule has 0 spiro atoms. The molecule has 6 aromatic rings. The van der Waals surface area contributed by atoms with Gasteiger partial charge in [-0.3, -0.25) is 18.4 Å². The molecule has 0 unspecified atom stereocenters. The maximum atomic E-state index is 12.9. The summed E-state index contributed by atoms with van der Waals surface area (Å²) in [7, 11) is 0. The maximum Gasteiger partial charge on any atom is 0.321 e. The van der Waals surface area contributed by atoms with E-state index in [0.29, 0.717) is 0 Å². The van der Waals surface area contributed by atoms with Gasteiger partial charge in [0.05, 0.1) is 22.1 Å². The van der Waals surface area contributed by atoms with Crippen molar-refractivity contribution < 1.29 is 0 Å². The normalized spacial score (nSPS) is 12.5. The molecule has 0 fully saturated rings. The molecule has 0 amide bonds. The maximum absolute atomic E-state index is 12.9. The molecule has 0 N–H and O–H groups in total. The second-order valence-electron chi connectivity index (χ2n) is 6.17. The van der Waals surface area contributed by atoms with E-state index in [1.54, 1.807) is 8.80 Å². The Hall–Kier alpha value is -3.40. The van der Waals surface area contributed by atoms with Crippen molar-refractivity contribution in [3.8, 4) is 0 Å². The molecule has 4 heteroatoms. The van der Waals surface area contributed by atoms with Gasteiger partial charge in [0.15, 0.2) is 0 Å². The molecule has 0 aliphatic carbocycles. The summed E-state index contributed by atoms with van der Waals surface area (Å²) in [5, 5.41) is 3.99. The van der Waals surface area contributed by atoms with Crippen LogP contribution in [0.5, 0.6) is 0 Å². The van der Waals surface area contributed by atoms with Crippen LogP contribution in [0.1, 0.15) is 0 Å². The van der Waals surface area contributed by atoms with Gasteiger partial charge in [-0.25, -0.2) is 0 Å². The Morgan fingerprint density at radius 2 is 0.917 bits per heavy atom. The summed E-state index contributed by atoms with van der Waals surface area (Å²) in [6.45, 7) is 0. The molecule has 0 saturated heterocycles. The minimum Gasteiger partial charge on any atom is -0.269 e. The van der Waals surface area contributed by atoms with Crippen molar-refractivity contribution >= 4 is 43.6 Å². The molecule has 3 heterocycles. The lowest BCUT2D eigenvalue weighted by Crippen LogP contribution is -2.35. The Labute approximate surface area is 134 Å². The Kier molecular flexibility index (Phi) is 1.88. The fourth-order valence-electron chi connectivity index (χ4n) is 4.11. The zero-order chi connectivity index (χ0) is 16.0. The van der Waals surface area contributed by atoms with Crippen LogP contribution in [0, 0.1) is 0 Å². The van der Waals surface area contributed by atoms with E-state index in [0.717, 1.165) is 43.6 Å². The highest BCUT2D eigenvalue weighted by molar-refractivity contribution is 6.22. The number of aromatic nitrogens is 2. The summed E-state index contributed by atoms with van der Waals surface area (Å²) in [6, 6.07) is 19.6. The summed E-state index contributed by atoms with van der Waals surface area (Å²) in [4.78, 5) is 25.7. The van der Waals surface area contributed by atoms with Gasteiger partial charge in [-0.15, -0.1) is 0 Å². The molecular formula is C20H10N2O2. The van der Waals surface area contributed by atoms with Crippen molar-refractivity contribution in [2.24, 2.45) is 0 Å². The first-order chi connectivity index (χ1) is 11.8. The average molecular weight is 310 g/mol. The second kappa shape index (κ2) is 3.74. The zero-order valence-corrected chi connectivity index (χ0v) is 12.5. The molecule has 0 atom stereocenters. The Morgan fingerprint density at radius 3 is 1.38 bits per heavy atom. The fraction of sp³-hybridized carbons (Fsp3) is 0. The average Bonchev–Trinajstić information content (AvgIpc) is 3.13. The van der Waals surface area contributed by atoms with Gasteiger partial charge in [0.1, 0.15) is 0 Å². The fourth-order valence-corrected chi connectivity index (χ4v) is 4.11. The predicted octanol–water partition coefficient (Wildman–Crippen LogP) is 3.25. The van der Waals surface area contributed by atoms with Crippen LogP contribution in [-0.2, 0) is 0 Å². The van der Waals surface area contributed by atoms with Gasteiger partial charge in [-0.05, 0) is 12.1 Å². The first kappa shape index (κ1) is 12.1. The van der Waals surface area contributed by atoms with Crippen LogP contribution >= 0.6 is 0 Å². The number of fused-ring (bicyclic) bond motifs is 6. The van der Waals surface area contributed by atoms with E-state index < -0.39 is 11.1 Å². The highest BCUT2D eigenvalue weighted by Gasteiger charge is 2.21. The lowest BCUT2D eigenvalue weighted by molar-refractivity contribution is 1.04. The van der Waals surface area contributed by atoms with E-state index in [1.807, 2.05) is 48.5 Å². The van der Waals surface area contributed by atoms with Crippen LogP contribution in [0.3, 0.4) is 0 Å². The van der Waals surface area contributed by atoms with Crippen molar-refractivity contribution in [3.05, 3.63) is 81.4 Å². The van der Waals surface area contributed by atoms with E-state index in [9.17, 15) is 9.59 Å². The quantitative estimate of drug-likeness (QED) is 0.404. The third-order valence-electron chi connectivity index (χ3n) is 5.06. The van der Waals surface area contributed by atoms with Crippen molar-refractivity contribution in [1.29, 1.82) is 0 Å². The minimum atomic E-state index is -0.498. The van der Waals surface area contributed by atoms with Crippen LogP contribution in [0.2, 0.25) is 0 Å². The number of benzene rings is 3. The van der Waals surface area contributed by atoms with Crippen LogP contribution in [0.4, 0.5) is 0 Å². The van der Waals surface area contributed by atoms with E-state index in [2.05, 4.69) is 12.1 Å². The van der Waals surface area contributed by atoms with Crippen LogP contribution < -0.4 is 11.1 Å². The number of nitrogens with zero attached hydrogens (tertiary/aromatic N) is 2. The molecule has 0 radical (unpaired) electrons. The van der Waals surface area contributed by atoms with Crippen molar-refractivity contribution in [2.75, 3.05) is 0 Å². The van der Waals surface area contributed by atoms with Crippen molar-refractivity contribution in [1.82, 2.24) is 8.80 Å². The molecule has 4 nitrogen and oxygen atoms in total. The van der Waals surface area contributed by atoms with Gasteiger partial charge in [0.25, 0.3) is 0 Å². The molecule has 24 heavy (non-hydrogen) atoms. The molecular weight excluding hydrogens is 300 g/mol. The number of hydrogen-bond donors (Lipinski definition) is 0. The highest BCUT2D eigenvalue weighted by Crippen LogP contribution is 2.36. The summed E-state index contributed by atoms with van der Waals surface area (Å²) in [5.74, 6) is 0. The topological polar surface area (TPSA) is 43.0 Å². The smallest absolute Gasteiger partial charge is 0.269 e.